The molecule has 0 spiro atoms. The molecule has 0 bridgehead atoms. The van der Waals surface area contributed by atoms with Crippen LogP contribution in [-0.4, -0.2) is 40.6 Å². The summed E-state index contributed by atoms with van der Waals surface area (Å²) in [6, 6.07) is 18.7. The van der Waals surface area contributed by atoms with E-state index in [1.807, 2.05) is 81.4 Å². The van der Waals surface area contributed by atoms with Crippen LogP contribution < -0.4 is 9.47 Å². The van der Waals surface area contributed by atoms with Gasteiger partial charge in [-0.15, -0.1) is 0 Å². The molecule has 0 saturated carbocycles. The molecule has 0 N–H and O–H groups in total. The summed E-state index contributed by atoms with van der Waals surface area (Å²) in [6.07, 6.45) is 1.87. The molecule has 0 aliphatic carbocycles. The maximum atomic E-state index is 13.6. The second-order valence-electron chi connectivity index (χ2n) is 11.4. The minimum atomic E-state index is -1.29. The summed E-state index contributed by atoms with van der Waals surface area (Å²) >= 11 is 0. The quantitative estimate of drug-likeness (QED) is 0.225. The number of rotatable bonds is 3. The van der Waals surface area contributed by atoms with Crippen molar-refractivity contribution in [1.29, 1.82) is 0 Å². The molecule has 0 saturated heterocycles. The van der Waals surface area contributed by atoms with Crippen molar-refractivity contribution in [1.82, 2.24) is 9.55 Å². The molecule has 0 fully saturated rings. The topological polar surface area (TPSA) is 102 Å². The fourth-order valence-corrected chi connectivity index (χ4v) is 6.03. The van der Waals surface area contributed by atoms with Crippen LogP contribution in [0.2, 0.25) is 0 Å². The number of esters is 1. The van der Waals surface area contributed by atoms with Gasteiger partial charge in [-0.05, 0) is 38.5 Å². The molecule has 212 valence electrons. The maximum absolute atomic E-state index is 13.6. The smallest absolute Gasteiger partial charge is 0.419 e. The number of para-hydroxylation sites is 2. The van der Waals surface area contributed by atoms with Crippen molar-refractivity contribution in [3.05, 3.63) is 90.1 Å². The highest BCUT2D eigenvalue weighted by Gasteiger charge is 2.64. The Morgan fingerprint density at radius 3 is 2.40 bits per heavy atom. The molecule has 1 unspecified atom stereocenters. The monoisotopic (exact) mass is 564 g/mol. The van der Waals surface area contributed by atoms with Crippen LogP contribution >= 0.6 is 0 Å². The molecule has 0 radical (unpaired) electrons. The number of fused-ring (bicyclic) bond motifs is 6. The Bertz CT molecular complexity index is 1910. The van der Waals surface area contributed by atoms with Gasteiger partial charge in [-0.25, -0.2) is 9.78 Å². The SMILES string of the molecule is COC(=O)[C@]12c3ccccc3OC1Oc1c(-c3cccc4c3c(-c3cnc(C)o3)cn4C(=O)OC(C)(C)C)cccc12. The molecule has 42 heavy (non-hydrogen) atoms. The number of hydrogen-bond donors (Lipinski definition) is 0. The molecule has 5 aromatic rings. The van der Waals surface area contributed by atoms with E-state index in [2.05, 4.69) is 4.98 Å². The first-order valence-corrected chi connectivity index (χ1v) is 13.6. The molecule has 9 nitrogen and oxygen atoms in total. The molecule has 3 aromatic carbocycles. The van der Waals surface area contributed by atoms with Crippen molar-refractivity contribution >= 4 is 23.0 Å². The number of carbonyl (C=O) groups excluding carboxylic acids is 2. The standard InChI is InChI=1S/C33H28N2O7/c1-18-34-16-26(39-18)21-17-35(31(37)42-32(2,3)4)24-14-9-10-19(27(21)24)20-11-8-13-23-28(20)41-30-33(23,29(36)38-5)22-12-6-7-15-25(22)40-30/h6-17,30H,1-5H3/t30?,33-/m1/s1. The minimum Gasteiger partial charge on any atom is -0.468 e. The third-order valence-corrected chi connectivity index (χ3v) is 7.67. The molecular weight excluding hydrogens is 536 g/mol. The van der Waals surface area contributed by atoms with Gasteiger partial charge in [0.15, 0.2) is 17.1 Å². The highest BCUT2D eigenvalue weighted by molar-refractivity contribution is 6.09. The minimum absolute atomic E-state index is 0.472. The van der Waals surface area contributed by atoms with Gasteiger partial charge in [0.25, 0.3) is 6.29 Å². The number of hydrogen-bond acceptors (Lipinski definition) is 8. The second-order valence-corrected chi connectivity index (χ2v) is 11.4. The van der Waals surface area contributed by atoms with Crippen molar-refractivity contribution in [2.24, 2.45) is 0 Å². The van der Waals surface area contributed by atoms with E-state index in [0.29, 0.717) is 45.4 Å². The predicted octanol–water partition coefficient (Wildman–Crippen LogP) is 6.62. The van der Waals surface area contributed by atoms with Crippen LogP contribution in [-0.2, 0) is 19.7 Å². The first-order chi connectivity index (χ1) is 20.1. The van der Waals surface area contributed by atoms with Gasteiger partial charge in [0.1, 0.15) is 17.1 Å². The fourth-order valence-electron chi connectivity index (χ4n) is 6.03. The van der Waals surface area contributed by atoms with E-state index in [9.17, 15) is 9.59 Å². The molecule has 2 aliphatic heterocycles. The van der Waals surface area contributed by atoms with Gasteiger partial charge in [0, 0.05) is 40.8 Å². The van der Waals surface area contributed by atoms with Crippen molar-refractivity contribution in [2.45, 2.75) is 45.0 Å². The van der Waals surface area contributed by atoms with Crippen LogP contribution in [0.1, 0.15) is 37.8 Å². The Morgan fingerprint density at radius 2 is 1.67 bits per heavy atom. The zero-order valence-corrected chi connectivity index (χ0v) is 23.8. The average Bonchev–Trinajstić information content (AvgIpc) is 3.71. The van der Waals surface area contributed by atoms with Gasteiger partial charge in [-0.3, -0.25) is 9.36 Å². The van der Waals surface area contributed by atoms with Crippen molar-refractivity contribution in [3.63, 3.8) is 0 Å². The first kappa shape index (κ1) is 25.9. The van der Waals surface area contributed by atoms with E-state index in [-0.39, 0.29) is 0 Å². The Kier molecular flexibility index (Phi) is 5.53. The summed E-state index contributed by atoms with van der Waals surface area (Å²) in [5.41, 5.74) is 2.10. The number of nitrogens with zero attached hydrogens (tertiary/aromatic N) is 2. The van der Waals surface area contributed by atoms with Crippen LogP contribution in [0.5, 0.6) is 11.5 Å². The van der Waals surface area contributed by atoms with Crippen molar-refractivity contribution < 1.29 is 33.0 Å². The largest absolute Gasteiger partial charge is 0.468 e. The second kappa shape index (κ2) is 8.97. The van der Waals surface area contributed by atoms with Gasteiger partial charge >= 0.3 is 12.1 Å². The highest BCUT2D eigenvalue weighted by Crippen LogP contribution is 2.58. The summed E-state index contributed by atoms with van der Waals surface area (Å²) < 4.78 is 31.1. The van der Waals surface area contributed by atoms with E-state index in [4.69, 9.17) is 23.4 Å². The zero-order valence-electron chi connectivity index (χ0n) is 23.8. The summed E-state index contributed by atoms with van der Waals surface area (Å²) in [5.74, 6) is 1.60. The Morgan fingerprint density at radius 1 is 0.929 bits per heavy atom. The van der Waals surface area contributed by atoms with Gasteiger partial charge in [0.2, 0.25) is 0 Å². The summed E-state index contributed by atoms with van der Waals surface area (Å²) in [4.78, 5) is 31.2. The number of benzene rings is 3. The van der Waals surface area contributed by atoms with Crippen LogP contribution in [0, 0.1) is 6.92 Å². The summed E-state index contributed by atoms with van der Waals surface area (Å²) in [5, 5.41) is 0.738. The molecule has 2 aromatic heterocycles. The highest BCUT2D eigenvalue weighted by atomic mass is 16.7. The maximum Gasteiger partial charge on any atom is 0.419 e. The van der Waals surface area contributed by atoms with E-state index in [1.165, 1.54) is 11.7 Å². The Hall–Kier alpha value is -5.05. The molecule has 2 aliphatic rings. The van der Waals surface area contributed by atoms with Gasteiger partial charge in [0.05, 0.1) is 18.8 Å². The van der Waals surface area contributed by atoms with Crippen molar-refractivity contribution in [2.75, 3.05) is 7.11 Å². The van der Waals surface area contributed by atoms with Crippen LogP contribution in [0.15, 0.2) is 77.5 Å². The Labute approximate surface area is 241 Å². The fraction of sp³-hybridized carbons (Fsp3) is 0.242. The third-order valence-electron chi connectivity index (χ3n) is 7.67. The lowest BCUT2D eigenvalue weighted by molar-refractivity contribution is -0.151. The van der Waals surface area contributed by atoms with Crippen LogP contribution in [0.4, 0.5) is 4.79 Å². The zero-order chi connectivity index (χ0) is 29.4. The lowest BCUT2D eigenvalue weighted by atomic mass is 9.75. The van der Waals surface area contributed by atoms with Gasteiger partial charge in [-0.2, -0.15) is 0 Å². The van der Waals surface area contributed by atoms with E-state index >= 15 is 0 Å². The average molecular weight is 565 g/mol. The molecule has 2 atom stereocenters. The van der Waals surface area contributed by atoms with Gasteiger partial charge < -0.3 is 23.4 Å². The van der Waals surface area contributed by atoms with Gasteiger partial charge in [-0.1, -0.05) is 48.5 Å². The molecule has 0 amide bonds. The number of aryl methyl sites for hydroxylation is 1. The number of carbonyl (C=O) groups is 2. The number of aromatic nitrogens is 2. The molecular formula is C33H28N2O7. The predicted molar refractivity (Wildman–Crippen MR) is 154 cm³/mol. The lowest BCUT2D eigenvalue weighted by Crippen LogP contribution is -2.45. The number of ether oxygens (including phenoxy) is 4. The number of methoxy groups -OCH3 is 1. The van der Waals surface area contributed by atoms with Crippen LogP contribution in [0.3, 0.4) is 0 Å². The van der Waals surface area contributed by atoms with E-state index < -0.39 is 29.4 Å². The van der Waals surface area contributed by atoms with E-state index in [0.717, 1.165) is 16.5 Å². The normalized spacial score (nSPS) is 18.5. The first-order valence-electron chi connectivity index (χ1n) is 13.6. The van der Waals surface area contributed by atoms with Crippen molar-refractivity contribution in [3.8, 4) is 33.9 Å². The summed E-state index contributed by atoms with van der Waals surface area (Å²) in [7, 11) is 1.36. The lowest BCUT2D eigenvalue weighted by Gasteiger charge is -2.23. The number of oxazole rings is 1. The van der Waals surface area contributed by atoms with E-state index in [1.54, 1.807) is 19.3 Å². The third kappa shape index (κ3) is 3.59. The molecule has 7 rings (SSSR count). The molecule has 9 heteroatoms. The molecule has 4 heterocycles. The Balaban J connectivity index is 1.49. The van der Waals surface area contributed by atoms with Crippen LogP contribution in [0.25, 0.3) is 33.4 Å². The summed E-state index contributed by atoms with van der Waals surface area (Å²) in [6.45, 7) is 7.23.